The van der Waals surface area contributed by atoms with Crippen LogP contribution in [0.3, 0.4) is 0 Å². The van der Waals surface area contributed by atoms with E-state index in [4.69, 9.17) is 11.6 Å². The molecule has 2 rings (SSSR count). The molecule has 1 aromatic heterocycles. The number of rotatable bonds is 6. The van der Waals surface area contributed by atoms with E-state index in [-0.39, 0.29) is 18.7 Å². The summed E-state index contributed by atoms with van der Waals surface area (Å²) in [4.78, 5) is 34.0. The van der Waals surface area contributed by atoms with E-state index >= 15 is 0 Å². The van der Waals surface area contributed by atoms with Gasteiger partial charge in [0.1, 0.15) is 6.04 Å². The van der Waals surface area contributed by atoms with Crippen molar-refractivity contribution in [2.75, 3.05) is 6.54 Å². The molecule has 120 valence electrons. The third kappa shape index (κ3) is 3.76. The Kier molecular flexibility index (Phi) is 5.02. The molecule has 9 heteroatoms. The number of hydrogen-bond acceptors (Lipinski definition) is 4. The Bertz CT molecular complexity index is 613. The van der Waals surface area contributed by atoms with E-state index in [1.807, 2.05) is 13.8 Å². The minimum absolute atomic E-state index is 0.163. The van der Waals surface area contributed by atoms with E-state index in [0.29, 0.717) is 18.1 Å². The second kappa shape index (κ2) is 6.78. The number of aromatic nitrogens is 2. The van der Waals surface area contributed by atoms with E-state index in [1.165, 1.54) is 0 Å². The molecule has 4 amide bonds. The van der Waals surface area contributed by atoms with Crippen LogP contribution in [0.5, 0.6) is 0 Å². The number of hydrogen-bond donors (Lipinski definition) is 3. The predicted molar refractivity (Wildman–Crippen MR) is 79.4 cm³/mol. The lowest BCUT2D eigenvalue weighted by atomic mass is 10.1. The molecule has 0 radical (unpaired) electrons. The monoisotopic (exact) mass is 327 g/mol. The summed E-state index contributed by atoms with van der Waals surface area (Å²) in [5.74, 6) is -0.573. The first-order valence-corrected chi connectivity index (χ1v) is 7.34. The van der Waals surface area contributed by atoms with Crippen LogP contribution in [-0.4, -0.2) is 40.2 Å². The molecule has 0 unspecified atom stereocenters. The third-order valence-corrected chi connectivity index (χ3v) is 4.00. The molecule has 8 nitrogen and oxygen atoms in total. The number of carbonyl (C=O) groups excluding carboxylic acids is 3. The third-order valence-electron chi connectivity index (χ3n) is 3.46. The summed E-state index contributed by atoms with van der Waals surface area (Å²) >= 11 is 6.04. The van der Waals surface area contributed by atoms with Crippen LogP contribution in [0.2, 0.25) is 5.02 Å². The van der Waals surface area contributed by atoms with Crippen LogP contribution in [0.25, 0.3) is 0 Å². The fourth-order valence-corrected chi connectivity index (χ4v) is 2.36. The Hall–Kier alpha value is -2.09. The molecule has 0 saturated carbocycles. The van der Waals surface area contributed by atoms with Crippen molar-refractivity contribution in [1.29, 1.82) is 0 Å². The molecule has 0 bridgehead atoms. The molecule has 0 aromatic carbocycles. The fourth-order valence-electron chi connectivity index (χ4n) is 2.22. The molecule has 2 heterocycles. The van der Waals surface area contributed by atoms with Crippen LogP contribution in [0.4, 0.5) is 4.79 Å². The van der Waals surface area contributed by atoms with Gasteiger partial charge >= 0.3 is 6.03 Å². The van der Waals surface area contributed by atoms with Crippen LogP contribution in [0.1, 0.15) is 24.2 Å². The molecule has 3 N–H and O–H groups in total. The molecule has 1 fully saturated rings. The lowest BCUT2D eigenvalue weighted by Gasteiger charge is -2.09. The van der Waals surface area contributed by atoms with Crippen molar-refractivity contribution < 1.29 is 14.4 Å². The quantitative estimate of drug-likeness (QED) is 0.652. The average molecular weight is 328 g/mol. The molecule has 1 aliphatic rings. The van der Waals surface area contributed by atoms with Gasteiger partial charge in [-0.05, 0) is 20.3 Å². The van der Waals surface area contributed by atoms with Crippen molar-refractivity contribution in [3.63, 3.8) is 0 Å². The van der Waals surface area contributed by atoms with Crippen molar-refractivity contribution in [3.05, 3.63) is 16.4 Å². The number of urea groups is 1. The zero-order chi connectivity index (χ0) is 16.3. The molecule has 22 heavy (non-hydrogen) atoms. The molecule has 0 spiro atoms. The summed E-state index contributed by atoms with van der Waals surface area (Å²) in [7, 11) is 0. The number of nitrogens with one attached hydrogen (secondary N) is 3. The minimum Gasteiger partial charge on any atom is -0.354 e. The van der Waals surface area contributed by atoms with Crippen LogP contribution in [0.15, 0.2) is 0 Å². The molecular weight excluding hydrogens is 310 g/mol. The predicted octanol–water partition coefficient (Wildman–Crippen LogP) is 0.258. The van der Waals surface area contributed by atoms with E-state index < -0.39 is 18.0 Å². The number of amides is 4. The summed E-state index contributed by atoms with van der Waals surface area (Å²) in [5.41, 5.74) is 1.62. The van der Waals surface area contributed by atoms with Gasteiger partial charge in [-0.1, -0.05) is 11.6 Å². The van der Waals surface area contributed by atoms with Crippen molar-refractivity contribution in [3.8, 4) is 0 Å². The first-order valence-electron chi connectivity index (χ1n) is 6.96. The minimum atomic E-state index is -0.631. The number of nitrogens with zero attached hydrogens (tertiary/aromatic N) is 2. The number of halogens is 1. The van der Waals surface area contributed by atoms with Gasteiger partial charge in [-0.3, -0.25) is 19.6 Å². The summed E-state index contributed by atoms with van der Waals surface area (Å²) < 4.78 is 1.74. The van der Waals surface area contributed by atoms with Crippen molar-refractivity contribution in [2.45, 2.75) is 39.3 Å². The topological polar surface area (TPSA) is 105 Å². The fraction of sp³-hybridized carbons (Fsp3) is 0.538. The molecule has 1 aliphatic heterocycles. The maximum absolute atomic E-state index is 11.7. The average Bonchev–Trinajstić information content (AvgIpc) is 2.91. The van der Waals surface area contributed by atoms with Gasteiger partial charge in [0.2, 0.25) is 5.91 Å². The number of aryl methyl sites for hydroxylation is 1. The molecule has 1 atom stereocenters. The van der Waals surface area contributed by atoms with Gasteiger partial charge in [-0.15, -0.1) is 0 Å². The van der Waals surface area contributed by atoms with Gasteiger partial charge in [-0.25, -0.2) is 4.79 Å². The molecular formula is C13H18ClN5O3. The molecule has 1 saturated heterocycles. The van der Waals surface area contributed by atoms with E-state index in [2.05, 4.69) is 21.0 Å². The van der Waals surface area contributed by atoms with Crippen LogP contribution in [0, 0.1) is 13.8 Å². The van der Waals surface area contributed by atoms with Gasteiger partial charge in [-0.2, -0.15) is 5.10 Å². The van der Waals surface area contributed by atoms with E-state index in [1.54, 1.807) is 4.68 Å². The lowest BCUT2D eigenvalue weighted by molar-refractivity contribution is -0.122. The smallest absolute Gasteiger partial charge is 0.322 e. The molecule has 1 aromatic rings. The highest BCUT2D eigenvalue weighted by Crippen LogP contribution is 2.18. The van der Waals surface area contributed by atoms with Crippen LogP contribution in [-0.2, 0) is 16.1 Å². The Balaban J connectivity index is 1.71. The standard InChI is InChI=1S/C13H18ClN5O3/c1-7-11(14)8(2)19(18-7)6-5-15-10(20)4-3-9-12(21)17-13(22)16-9/h9H,3-6H2,1-2H3,(H,15,20)(H2,16,17,21,22)/t9-/m0/s1. The number of carbonyl (C=O) groups is 3. The highest BCUT2D eigenvalue weighted by atomic mass is 35.5. The Morgan fingerprint density at radius 1 is 1.41 bits per heavy atom. The zero-order valence-electron chi connectivity index (χ0n) is 12.4. The van der Waals surface area contributed by atoms with Gasteiger partial charge < -0.3 is 10.6 Å². The van der Waals surface area contributed by atoms with E-state index in [0.717, 1.165) is 11.4 Å². The summed E-state index contributed by atoms with van der Waals surface area (Å²) in [6.45, 7) is 4.63. The lowest BCUT2D eigenvalue weighted by Crippen LogP contribution is -2.33. The van der Waals surface area contributed by atoms with Gasteiger partial charge in [0, 0.05) is 13.0 Å². The molecule has 0 aliphatic carbocycles. The normalized spacial score (nSPS) is 17.3. The van der Waals surface area contributed by atoms with Crippen molar-refractivity contribution in [1.82, 2.24) is 25.7 Å². The summed E-state index contributed by atoms with van der Waals surface area (Å²) in [6.07, 6.45) is 0.436. The second-order valence-corrected chi connectivity index (χ2v) is 5.49. The van der Waals surface area contributed by atoms with Gasteiger partial charge in [0.25, 0.3) is 5.91 Å². The first kappa shape index (κ1) is 16.3. The van der Waals surface area contributed by atoms with E-state index in [9.17, 15) is 14.4 Å². The van der Waals surface area contributed by atoms with Crippen molar-refractivity contribution >= 4 is 29.4 Å². The maximum atomic E-state index is 11.7. The maximum Gasteiger partial charge on any atom is 0.322 e. The Morgan fingerprint density at radius 2 is 2.14 bits per heavy atom. The summed E-state index contributed by atoms with van der Waals surface area (Å²) in [5, 5.41) is 12.2. The first-order chi connectivity index (χ1) is 10.4. The van der Waals surface area contributed by atoms with Crippen LogP contribution >= 0.6 is 11.6 Å². The van der Waals surface area contributed by atoms with Crippen LogP contribution < -0.4 is 16.0 Å². The highest BCUT2D eigenvalue weighted by molar-refractivity contribution is 6.31. The second-order valence-electron chi connectivity index (χ2n) is 5.11. The Morgan fingerprint density at radius 3 is 2.68 bits per heavy atom. The van der Waals surface area contributed by atoms with Gasteiger partial charge in [0.05, 0.1) is 23.0 Å². The SMILES string of the molecule is Cc1nn(CCNC(=O)CC[C@@H]2NC(=O)NC2=O)c(C)c1Cl. The van der Waals surface area contributed by atoms with Gasteiger partial charge in [0.15, 0.2) is 0 Å². The highest BCUT2D eigenvalue weighted by Gasteiger charge is 2.29. The number of imide groups is 1. The largest absolute Gasteiger partial charge is 0.354 e. The zero-order valence-corrected chi connectivity index (χ0v) is 13.2. The van der Waals surface area contributed by atoms with Crippen molar-refractivity contribution in [2.24, 2.45) is 0 Å². The summed E-state index contributed by atoms with van der Waals surface area (Å²) in [6, 6.07) is -1.15. The Labute approximate surface area is 132 Å².